The molecule has 3 nitrogen and oxygen atoms in total. The van der Waals surface area contributed by atoms with Gasteiger partial charge >= 0.3 is 5.97 Å². The first-order valence-corrected chi connectivity index (χ1v) is 6.74. The summed E-state index contributed by atoms with van der Waals surface area (Å²) < 4.78 is 0. The maximum absolute atomic E-state index is 11.2. The van der Waals surface area contributed by atoms with E-state index in [1.54, 1.807) is 24.3 Å². The molecule has 2 rings (SSSR count). The lowest BCUT2D eigenvalue weighted by atomic mass is 9.94. The summed E-state index contributed by atoms with van der Waals surface area (Å²) in [7, 11) is 0. The van der Waals surface area contributed by atoms with Crippen molar-refractivity contribution in [1.82, 2.24) is 0 Å². The van der Waals surface area contributed by atoms with Gasteiger partial charge in [0.1, 0.15) is 5.75 Å². The zero-order valence-corrected chi connectivity index (χ0v) is 11.5. The van der Waals surface area contributed by atoms with Crippen molar-refractivity contribution in [3.63, 3.8) is 0 Å². The lowest BCUT2D eigenvalue weighted by Gasteiger charge is -2.12. The van der Waals surface area contributed by atoms with E-state index in [1.807, 2.05) is 18.2 Å². The lowest BCUT2D eigenvalue weighted by molar-refractivity contribution is 0.0696. The molecule has 3 heteroatoms. The number of rotatable bonds is 5. The second kappa shape index (κ2) is 6.24. The second-order valence-corrected chi connectivity index (χ2v) is 4.80. The van der Waals surface area contributed by atoms with Crippen LogP contribution >= 0.6 is 0 Å². The van der Waals surface area contributed by atoms with Crippen molar-refractivity contribution in [2.45, 2.75) is 26.2 Å². The van der Waals surface area contributed by atoms with Crippen LogP contribution in [0.4, 0.5) is 0 Å². The van der Waals surface area contributed by atoms with Crippen molar-refractivity contribution in [2.24, 2.45) is 0 Å². The van der Waals surface area contributed by atoms with E-state index in [-0.39, 0.29) is 5.75 Å². The fourth-order valence-electron chi connectivity index (χ4n) is 2.41. The SMILES string of the molecule is CCCc1c(O)cccc1Cc1ccccc1C(=O)O. The number of benzene rings is 2. The molecule has 0 aliphatic heterocycles. The normalized spacial score (nSPS) is 10.4. The largest absolute Gasteiger partial charge is 0.508 e. The molecule has 0 saturated carbocycles. The van der Waals surface area contributed by atoms with Gasteiger partial charge in [-0.15, -0.1) is 0 Å². The van der Waals surface area contributed by atoms with Crippen LogP contribution in [-0.4, -0.2) is 16.2 Å². The molecule has 0 radical (unpaired) electrons. The first-order chi connectivity index (χ1) is 9.63. The van der Waals surface area contributed by atoms with E-state index in [2.05, 4.69) is 6.92 Å². The Hall–Kier alpha value is -2.29. The number of carboxylic acids is 1. The summed E-state index contributed by atoms with van der Waals surface area (Å²) in [6, 6.07) is 12.4. The molecule has 0 aromatic heterocycles. The first-order valence-electron chi connectivity index (χ1n) is 6.74. The molecule has 0 saturated heterocycles. The summed E-state index contributed by atoms with van der Waals surface area (Å²) in [5.41, 5.74) is 2.98. The molecule has 0 atom stereocenters. The zero-order valence-electron chi connectivity index (χ0n) is 11.5. The molecule has 2 aromatic rings. The van der Waals surface area contributed by atoms with E-state index in [9.17, 15) is 15.0 Å². The highest BCUT2D eigenvalue weighted by molar-refractivity contribution is 5.89. The topological polar surface area (TPSA) is 57.5 Å². The van der Waals surface area contributed by atoms with Gasteiger partial charge in [0.2, 0.25) is 0 Å². The fraction of sp³-hybridized carbons (Fsp3) is 0.235. The Kier molecular flexibility index (Phi) is 4.41. The molecule has 0 fully saturated rings. The maximum atomic E-state index is 11.2. The van der Waals surface area contributed by atoms with Gasteiger partial charge in [-0.05, 0) is 41.7 Å². The average molecular weight is 270 g/mol. The van der Waals surface area contributed by atoms with Crippen LogP contribution in [0.5, 0.6) is 5.75 Å². The number of hydrogen-bond donors (Lipinski definition) is 2. The monoisotopic (exact) mass is 270 g/mol. The van der Waals surface area contributed by atoms with Crippen LogP contribution in [0.3, 0.4) is 0 Å². The van der Waals surface area contributed by atoms with Crippen LogP contribution in [0.2, 0.25) is 0 Å². The Labute approximate surface area is 118 Å². The standard InChI is InChI=1S/C17H18O3/c1-2-6-14-12(8-5-10-16(14)18)11-13-7-3-4-9-15(13)17(19)20/h3-5,7-10,18H,2,6,11H2,1H3,(H,19,20). The summed E-state index contributed by atoms with van der Waals surface area (Å²) in [4.78, 5) is 11.2. The zero-order chi connectivity index (χ0) is 14.5. The van der Waals surface area contributed by atoms with Gasteiger partial charge in [0.25, 0.3) is 0 Å². The van der Waals surface area contributed by atoms with Crippen LogP contribution < -0.4 is 0 Å². The van der Waals surface area contributed by atoms with E-state index in [1.165, 1.54) is 0 Å². The highest BCUT2D eigenvalue weighted by atomic mass is 16.4. The van der Waals surface area contributed by atoms with Crippen LogP contribution in [-0.2, 0) is 12.8 Å². The van der Waals surface area contributed by atoms with Crippen molar-refractivity contribution in [2.75, 3.05) is 0 Å². The Morgan fingerprint density at radius 3 is 2.45 bits per heavy atom. The molecule has 0 amide bonds. The predicted octanol–water partition coefficient (Wildman–Crippen LogP) is 3.63. The van der Waals surface area contributed by atoms with E-state index in [0.717, 1.165) is 29.5 Å². The van der Waals surface area contributed by atoms with E-state index in [4.69, 9.17) is 0 Å². The van der Waals surface area contributed by atoms with E-state index >= 15 is 0 Å². The van der Waals surface area contributed by atoms with Crippen LogP contribution in [0.1, 0.15) is 40.4 Å². The van der Waals surface area contributed by atoms with Gasteiger partial charge in [-0.3, -0.25) is 0 Å². The van der Waals surface area contributed by atoms with Crippen molar-refractivity contribution >= 4 is 5.97 Å². The van der Waals surface area contributed by atoms with Gasteiger partial charge < -0.3 is 10.2 Å². The van der Waals surface area contributed by atoms with Gasteiger partial charge in [-0.2, -0.15) is 0 Å². The Bertz CT molecular complexity index is 617. The number of phenols is 1. The minimum absolute atomic E-state index is 0.289. The van der Waals surface area contributed by atoms with E-state index in [0.29, 0.717) is 12.0 Å². The third-order valence-electron chi connectivity index (χ3n) is 3.38. The van der Waals surface area contributed by atoms with Gasteiger partial charge in [0.05, 0.1) is 5.56 Å². The smallest absolute Gasteiger partial charge is 0.335 e. The molecule has 0 bridgehead atoms. The highest BCUT2D eigenvalue weighted by Crippen LogP contribution is 2.25. The molecule has 0 spiro atoms. The summed E-state index contributed by atoms with van der Waals surface area (Å²) in [6.45, 7) is 2.06. The number of phenolic OH excluding ortho intramolecular Hbond substituents is 1. The molecule has 0 aliphatic rings. The number of hydrogen-bond acceptors (Lipinski definition) is 2. The summed E-state index contributed by atoms with van der Waals surface area (Å²) in [5, 5.41) is 19.2. The molecule has 0 aliphatic carbocycles. The summed E-state index contributed by atoms with van der Waals surface area (Å²) in [6.07, 6.45) is 2.24. The molecule has 0 heterocycles. The first kappa shape index (κ1) is 14.1. The summed E-state index contributed by atoms with van der Waals surface area (Å²) in [5.74, 6) is -0.630. The van der Waals surface area contributed by atoms with Crippen molar-refractivity contribution in [3.8, 4) is 5.75 Å². The van der Waals surface area contributed by atoms with Crippen molar-refractivity contribution in [3.05, 3.63) is 64.7 Å². The minimum atomic E-state index is -0.919. The highest BCUT2D eigenvalue weighted by Gasteiger charge is 2.12. The molecular weight excluding hydrogens is 252 g/mol. The fourth-order valence-corrected chi connectivity index (χ4v) is 2.41. The Morgan fingerprint density at radius 1 is 1.05 bits per heavy atom. The quantitative estimate of drug-likeness (QED) is 0.872. The molecule has 0 unspecified atom stereocenters. The van der Waals surface area contributed by atoms with Gasteiger partial charge in [-0.1, -0.05) is 43.7 Å². The van der Waals surface area contributed by atoms with Crippen LogP contribution in [0.25, 0.3) is 0 Å². The number of carbonyl (C=O) groups is 1. The molecular formula is C17H18O3. The summed E-state index contributed by atoms with van der Waals surface area (Å²) >= 11 is 0. The van der Waals surface area contributed by atoms with Gasteiger partial charge in [0.15, 0.2) is 0 Å². The predicted molar refractivity (Wildman–Crippen MR) is 78.3 cm³/mol. The number of aromatic hydroxyl groups is 1. The Morgan fingerprint density at radius 2 is 1.75 bits per heavy atom. The lowest BCUT2D eigenvalue weighted by Crippen LogP contribution is -2.04. The molecule has 104 valence electrons. The molecule has 20 heavy (non-hydrogen) atoms. The van der Waals surface area contributed by atoms with Crippen molar-refractivity contribution in [1.29, 1.82) is 0 Å². The Balaban J connectivity index is 2.40. The third kappa shape index (κ3) is 2.99. The minimum Gasteiger partial charge on any atom is -0.508 e. The second-order valence-electron chi connectivity index (χ2n) is 4.80. The van der Waals surface area contributed by atoms with Gasteiger partial charge in [-0.25, -0.2) is 4.79 Å². The average Bonchev–Trinajstić information content (AvgIpc) is 2.43. The third-order valence-corrected chi connectivity index (χ3v) is 3.38. The number of carboxylic acid groups (broad SMARTS) is 1. The maximum Gasteiger partial charge on any atom is 0.335 e. The van der Waals surface area contributed by atoms with Crippen LogP contribution in [0.15, 0.2) is 42.5 Å². The number of aromatic carboxylic acids is 1. The van der Waals surface area contributed by atoms with Crippen molar-refractivity contribution < 1.29 is 15.0 Å². The molecule has 2 N–H and O–H groups in total. The van der Waals surface area contributed by atoms with Gasteiger partial charge in [0, 0.05) is 0 Å². The van der Waals surface area contributed by atoms with Crippen LogP contribution in [0, 0.1) is 0 Å². The van der Waals surface area contributed by atoms with E-state index < -0.39 is 5.97 Å². The molecule has 2 aromatic carbocycles.